The van der Waals surface area contributed by atoms with Crippen molar-refractivity contribution < 1.29 is 18.7 Å². The number of nitrogens with one attached hydrogen (secondary N) is 1. The molecule has 0 unspecified atom stereocenters. The Morgan fingerprint density at radius 1 is 1.13 bits per heavy atom. The number of hydrogen-bond donors (Lipinski definition) is 2. The first-order chi connectivity index (χ1) is 13.8. The third-order valence-electron chi connectivity index (χ3n) is 7.15. The smallest absolute Gasteiger partial charge is 0.259 e. The molecular weight excluding hydrogens is 412 g/mol. The first-order valence-electron chi connectivity index (χ1n) is 10.5. The molecule has 0 bridgehead atoms. The van der Waals surface area contributed by atoms with E-state index in [9.17, 15) is 18.7 Å². The summed E-state index contributed by atoms with van der Waals surface area (Å²) in [5, 5.41) is 19.1. The fourth-order valence-electron chi connectivity index (χ4n) is 5.44. The van der Waals surface area contributed by atoms with Crippen molar-refractivity contribution in [1.29, 1.82) is 5.41 Å². The lowest BCUT2D eigenvalue weighted by Crippen LogP contribution is -2.50. The van der Waals surface area contributed by atoms with Crippen molar-refractivity contribution in [3.05, 3.63) is 35.9 Å². The van der Waals surface area contributed by atoms with Crippen LogP contribution >= 0.6 is 12.4 Å². The molecule has 8 heteroatoms. The number of carbonyl (C=O) groups excluding carboxylic acids is 1. The van der Waals surface area contributed by atoms with E-state index in [1.165, 1.54) is 6.34 Å². The maximum absolute atomic E-state index is 14.0. The molecule has 0 radical (unpaired) electrons. The van der Waals surface area contributed by atoms with Crippen molar-refractivity contribution in [3.8, 4) is 0 Å². The Kier molecular flexibility index (Phi) is 6.72. The lowest BCUT2D eigenvalue weighted by Gasteiger charge is -2.36. The van der Waals surface area contributed by atoms with Crippen molar-refractivity contribution in [1.82, 2.24) is 9.80 Å². The van der Waals surface area contributed by atoms with Crippen LogP contribution in [0.3, 0.4) is 0 Å². The van der Waals surface area contributed by atoms with Gasteiger partial charge in [-0.3, -0.25) is 10.2 Å². The predicted octanol–water partition coefficient (Wildman–Crippen LogP) is 3.51. The third kappa shape index (κ3) is 4.19. The summed E-state index contributed by atoms with van der Waals surface area (Å²) in [4.78, 5) is 17.3. The standard InChI is InChI=1S/C22H29F2N3O2.ClH/c23-21(24)9-6-19(12-21)22(29,18-4-2-1-3-5-18)20(28)27-13-16-7-10-26(15-25)11-8-17(16)14-27;/h1-5,15-17,19,25,29H,6-14H2;1H/t16-,17+,19-,22+;/m1./s1. The van der Waals surface area contributed by atoms with E-state index in [2.05, 4.69) is 0 Å². The molecule has 1 saturated carbocycles. The summed E-state index contributed by atoms with van der Waals surface area (Å²) in [6.07, 6.45) is 2.56. The van der Waals surface area contributed by atoms with Crippen molar-refractivity contribution in [3.63, 3.8) is 0 Å². The minimum Gasteiger partial charge on any atom is -0.375 e. The molecule has 2 aliphatic heterocycles. The van der Waals surface area contributed by atoms with Crippen molar-refractivity contribution in [2.75, 3.05) is 26.2 Å². The summed E-state index contributed by atoms with van der Waals surface area (Å²) in [5.41, 5.74) is -1.50. The van der Waals surface area contributed by atoms with Crippen LogP contribution in [0, 0.1) is 23.2 Å². The number of aliphatic hydroxyl groups is 1. The van der Waals surface area contributed by atoms with Crippen LogP contribution in [0.15, 0.2) is 30.3 Å². The lowest BCUT2D eigenvalue weighted by molar-refractivity contribution is -0.159. The number of rotatable bonds is 4. The second kappa shape index (κ2) is 8.79. The average Bonchev–Trinajstić information content (AvgIpc) is 3.25. The fourth-order valence-corrected chi connectivity index (χ4v) is 5.44. The van der Waals surface area contributed by atoms with E-state index < -0.39 is 29.8 Å². The largest absolute Gasteiger partial charge is 0.375 e. The van der Waals surface area contributed by atoms with Crippen LogP contribution in [0.4, 0.5) is 8.78 Å². The summed E-state index contributed by atoms with van der Waals surface area (Å²) in [7, 11) is 0. The monoisotopic (exact) mass is 441 g/mol. The van der Waals surface area contributed by atoms with Crippen molar-refractivity contribution >= 4 is 24.7 Å². The number of amides is 1. The Morgan fingerprint density at radius 3 is 2.23 bits per heavy atom. The van der Waals surface area contributed by atoms with E-state index in [0.717, 1.165) is 25.9 Å². The zero-order chi connectivity index (χ0) is 20.6. The highest BCUT2D eigenvalue weighted by molar-refractivity contribution is 5.87. The van der Waals surface area contributed by atoms with Crippen LogP contribution in [-0.2, 0) is 10.4 Å². The van der Waals surface area contributed by atoms with Gasteiger partial charge in [0.05, 0.1) is 6.34 Å². The molecule has 2 heterocycles. The zero-order valence-corrected chi connectivity index (χ0v) is 17.8. The molecule has 1 aromatic rings. The minimum absolute atomic E-state index is 0. The van der Waals surface area contributed by atoms with Gasteiger partial charge in [0.15, 0.2) is 5.60 Å². The molecule has 4 rings (SSSR count). The summed E-state index contributed by atoms with van der Waals surface area (Å²) in [5.74, 6) is -3.39. The van der Waals surface area contributed by atoms with Crippen LogP contribution in [0.25, 0.3) is 0 Å². The maximum atomic E-state index is 14.0. The van der Waals surface area contributed by atoms with Gasteiger partial charge in [-0.1, -0.05) is 30.3 Å². The molecule has 3 aliphatic rings. The Labute approximate surface area is 182 Å². The first kappa shape index (κ1) is 22.9. The molecule has 2 saturated heterocycles. The van der Waals surface area contributed by atoms with Crippen molar-refractivity contribution in [2.24, 2.45) is 17.8 Å². The summed E-state index contributed by atoms with van der Waals surface area (Å²) >= 11 is 0. The number of carbonyl (C=O) groups is 1. The van der Waals surface area contributed by atoms with Gasteiger partial charge in [-0.2, -0.15) is 0 Å². The molecule has 2 N–H and O–H groups in total. The van der Waals surface area contributed by atoms with Crippen molar-refractivity contribution in [2.45, 2.75) is 43.6 Å². The Hall–Kier alpha value is -1.73. The maximum Gasteiger partial charge on any atom is 0.259 e. The van der Waals surface area contributed by atoms with Crippen LogP contribution in [0.2, 0.25) is 0 Å². The molecule has 30 heavy (non-hydrogen) atoms. The molecule has 1 amide bonds. The van der Waals surface area contributed by atoms with Gasteiger partial charge in [0, 0.05) is 44.9 Å². The summed E-state index contributed by atoms with van der Waals surface area (Å²) < 4.78 is 28.0. The van der Waals surface area contributed by atoms with Gasteiger partial charge < -0.3 is 14.9 Å². The Balaban J connectivity index is 0.00000256. The normalized spacial score (nSPS) is 30.0. The van der Waals surface area contributed by atoms with E-state index >= 15 is 0 Å². The highest BCUT2D eigenvalue weighted by Gasteiger charge is 2.55. The number of nitrogens with zero attached hydrogens (tertiary/aromatic N) is 2. The Bertz CT molecular complexity index is 750. The molecule has 0 spiro atoms. The summed E-state index contributed by atoms with van der Waals surface area (Å²) in [6, 6.07) is 8.61. The topological polar surface area (TPSA) is 67.6 Å². The van der Waals surface area contributed by atoms with E-state index in [4.69, 9.17) is 5.41 Å². The Morgan fingerprint density at radius 2 is 1.73 bits per heavy atom. The molecule has 1 aliphatic carbocycles. The molecular formula is C22H30ClF2N3O2. The molecule has 166 valence electrons. The first-order valence-corrected chi connectivity index (χ1v) is 10.5. The molecule has 5 nitrogen and oxygen atoms in total. The van der Waals surface area contributed by atoms with Crippen LogP contribution < -0.4 is 0 Å². The molecule has 3 fully saturated rings. The quantitative estimate of drug-likeness (QED) is 0.555. The number of fused-ring (bicyclic) bond motifs is 1. The van der Waals surface area contributed by atoms with E-state index in [1.54, 1.807) is 35.2 Å². The number of hydrogen-bond acceptors (Lipinski definition) is 3. The van der Waals surface area contributed by atoms with Crippen LogP contribution in [0.1, 0.15) is 37.7 Å². The average molecular weight is 442 g/mol. The number of alkyl halides is 2. The lowest BCUT2D eigenvalue weighted by atomic mass is 9.79. The van der Waals surface area contributed by atoms with E-state index in [-0.39, 0.29) is 25.2 Å². The van der Waals surface area contributed by atoms with Gasteiger partial charge in [0.2, 0.25) is 5.92 Å². The fraction of sp³-hybridized carbons (Fsp3) is 0.636. The molecule has 1 aromatic carbocycles. The van der Waals surface area contributed by atoms with Gasteiger partial charge in [-0.25, -0.2) is 8.78 Å². The SMILES string of the molecule is Cl.N=CN1CC[C@@H]2CN(C(=O)[C@](O)(c3ccccc3)[C@@H]3CCC(F)(F)C3)C[C@@H]2CC1. The van der Waals surface area contributed by atoms with Gasteiger partial charge in [0.25, 0.3) is 5.91 Å². The zero-order valence-electron chi connectivity index (χ0n) is 17.0. The highest BCUT2D eigenvalue weighted by Crippen LogP contribution is 2.48. The van der Waals surface area contributed by atoms with Crippen LogP contribution in [-0.4, -0.2) is 59.3 Å². The van der Waals surface area contributed by atoms with Gasteiger partial charge >= 0.3 is 0 Å². The third-order valence-corrected chi connectivity index (χ3v) is 7.15. The van der Waals surface area contributed by atoms with Gasteiger partial charge in [-0.15, -0.1) is 12.4 Å². The number of benzene rings is 1. The predicted molar refractivity (Wildman–Crippen MR) is 113 cm³/mol. The van der Waals surface area contributed by atoms with Gasteiger partial charge in [0.1, 0.15) is 0 Å². The van der Waals surface area contributed by atoms with Crippen LogP contribution in [0.5, 0.6) is 0 Å². The summed E-state index contributed by atoms with van der Waals surface area (Å²) in [6.45, 7) is 2.69. The van der Waals surface area contributed by atoms with Gasteiger partial charge in [-0.05, 0) is 36.7 Å². The van der Waals surface area contributed by atoms with E-state index in [0.29, 0.717) is 30.5 Å². The van der Waals surface area contributed by atoms with E-state index in [1.807, 2.05) is 4.90 Å². The molecule has 4 atom stereocenters. The highest BCUT2D eigenvalue weighted by atomic mass is 35.5. The number of likely N-dealkylation sites (tertiary alicyclic amines) is 2. The number of halogens is 3. The second-order valence-corrected chi connectivity index (χ2v) is 8.90. The molecule has 0 aromatic heterocycles. The second-order valence-electron chi connectivity index (χ2n) is 8.90. The minimum atomic E-state index is -2.83.